The number of nitrogens with zero attached hydrogens (tertiary/aromatic N) is 3. The molecule has 4 heterocycles. The number of carbonyl (C=O) groups excluding carboxylic acids is 2. The molecule has 4 aliphatic rings. The van der Waals surface area contributed by atoms with Crippen molar-refractivity contribution in [3.63, 3.8) is 0 Å². The van der Waals surface area contributed by atoms with Gasteiger partial charge in [0.25, 0.3) is 0 Å². The fourth-order valence-electron chi connectivity index (χ4n) is 8.78. The van der Waals surface area contributed by atoms with Crippen LogP contribution in [0, 0.1) is 11.8 Å². The second-order valence-electron chi connectivity index (χ2n) is 16.4. The fraction of sp³-hybridized carbons (Fsp3) is 0.447. The minimum atomic E-state index is -0.948. The highest BCUT2D eigenvalue weighted by molar-refractivity contribution is 6.42. The summed E-state index contributed by atoms with van der Waals surface area (Å²) in [7, 11) is 5.37. The first-order chi connectivity index (χ1) is 29.9. The lowest BCUT2D eigenvalue weighted by molar-refractivity contribution is -0.119. The number of carbonyl (C=O) groups is 2. The number of anilines is 2. The number of hydrogen-bond donors (Lipinski definition) is 2. The van der Waals surface area contributed by atoms with Gasteiger partial charge < -0.3 is 39.2 Å². The first kappa shape index (κ1) is 46.1. The molecule has 0 radical (unpaired) electrons. The van der Waals surface area contributed by atoms with E-state index in [0.29, 0.717) is 80.4 Å². The van der Waals surface area contributed by atoms with Gasteiger partial charge in [0, 0.05) is 55.7 Å². The number of likely N-dealkylation sites (tertiary alicyclic amines) is 1. The highest BCUT2D eigenvalue weighted by Crippen LogP contribution is 2.41. The Morgan fingerprint density at radius 1 is 0.661 bits per heavy atom. The summed E-state index contributed by atoms with van der Waals surface area (Å²) >= 11 is 24.3. The van der Waals surface area contributed by atoms with Crippen molar-refractivity contribution in [3.8, 4) is 23.0 Å². The van der Waals surface area contributed by atoms with Crippen molar-refractivity contribution in [1.82, 2.24) is 10.2 Å². The van der Waals surface area contributed by atoms with Crippen LogP contribution in [0.5, 0.6) is 23.0 Å². The van der Waals surface area contributed by atoms with E-state index in [-0.39, 0.29) is 24.2 Å². The number of methoxy groups -OCH3 is 2. The zero-order chi connectivity index (χ0) is 43.9. The molecule has 0 saturated carbocycles. The summed E-state index contributed by atoms with van der Waals surface area (Å²) < 4.78 is 23.2. The lowest BCUT2D eigenvalue weighted by atomic mass is 9.97. The molecule has 15 heteroatoms. The second kappa shape index (κ2) is 21.2. The molecule has 4 saturated heterocycles. The average molecular weight is 929 g/mol. The molecule has 0 spiro atoms. The number of halogens is 4. The highest BCUT2D eigenvalue weighted by Gasteiger charge is 2.41. The smallest absolute Gasteiger partial charge is 0.236 e. The minimum Gasteiger partial charge on any atom is -0.493 e. The summed E-state index contributed by atoms with van der Waals surface area (Å²) in [6.45, 7) is 6.01. The third-order valence-electron chi connectivity index (χ3n) is 12.1. The van der Waals surface area contributed by atoms with Crippen LogP contribution >= 0.6 is 46.4 Å². The van der Waals surface area contributed by atoms with Gasteiger partial charge in [-0.1, -0.05) is 58.5 Å². The van der Waals surface area contributed by atoms with Gasteiger partial charge >= 0.3 is 0 Å². The molecule has 4 fully saturated rings. The topological polar surface area (TPSA) is 113 Å². The molecule has 5 unspecified atom stereocenters. The first-order valence-electron chi connectivity index (χ1n) is 21.2. The van der Waals surface area contributed by atoms with E-state index in [9.17, 15) is 14.7 Å². The lowest BCUT2D eigenvalue weighted by Crippen LogP contribution is -2.34. The van der Waals surface area contributed by atoms with E-state index in [1.54, 1.807) is 62.8 Å². The Kier molecular flexibility index (Phi) is 15.7. The molecule has 0 aliphatic carbocycles. The Morgan fingerprint density at radius 3 is 1.85 bits per heavy atom. The number of aliphatic hydroxyl groups is 1. The number of aliphatic hydroxyl groups excluding tert-OH is 1. The van der Waals surface area contributed by atoms with Crippen LogP contribution in [0.15, 0.2) is 72.8 Å². The Bertz CT molecular complexity index is 2210. The minimum absolute atomic E-state index is 0.0587. The van der Waals surface area contributed by atoms with Gasteiger partial charge in [0.1, 0.15) is 6.23 Å². The van der Waals surface area contributed by atoms with Gasteiger partial charge in [-0.2, -0.15) is 0 Å². The molecule has 0 aromatic heterocycles. The van der Waals surface area contributed by atoms with Crippen LogP contribution in [-0.4, -0.2) is 95.3 Å². The third kappa shape index (κ3) is 10.9. The van der Waals surface area contributed by atoms with Crippen LogP contribution in [0.3, 0.4) is 0 Å². The van der Waals surface area contributed by atoms with Crippen molar-refractivity contribution in [1.29, 1.82) is 0 Å². The van der Waals surface area contributed by atoms with Gasteiger partial charge in [0.2, 0.25) is 11.8 Å². The van der Waals surface area contributed by atoms with Crippen molar-refractivity contribution in [2.75, 3.05) is 77.0 Å². The van der Waals surface area contributed by atoms with E-state index in [2.05, 4.69) is 17.3 Å². The van der Waals surface area contributed by atoms with E-state index >= 15 is 0 Å². The molecule has 62 heavy (non-hydrogen) atoms. The molecular formula is C47H54Cl4N4O7. The van der Waals surface area contributed by atoms with Gasteiger partial charge in [-0.05, 0) is 112 Å². The summed E-state index contributed by atoms with van der Waals surface area (Å²) in [5.41, 5.74) is 3.02. The molecule has 4 aromatic carbocycles. The maximum absolute atomic E-state index is 13.2. The maximum atomic E-state index is 13.2. The standard InChI is InChI=1S/C24H28Cl2N2O3.C23H26Cl2N2O4/c1-27-10-3-4-16(14-27)15-31-23-13-18(6-8-22(23)30-2)28-11-9-19(24(28)29)17-5-7-20(25)21(26)12-17;1-30-20-7-5-16(10-21(20)31-13-14-3-2-8-26-12-14)27-22(28)11-17(23(27)29)15-4-6-18(24)19(25)9-15/h5-8,12-13,16,19H,3-4,9-11,14-15H2,1-2H3;4-7,9-10,14,17,22,26,28H,2-3,8,11-13H2,1H3. The number of nitrogens with one attached hydrogen (secondary N) is 1. The lowest BCUT2D eigenvalue weighted by Gasteiger charge is -2.29. The molecule has 4 aromatic rings. The Hall–Kier alpha value is -3.94. The molecule has 5 atom stereocenters. The van der Waals surface area contributed by atoms with E-state index in [1.807, 2.05) is 29.2 Å². The van der Waals surface area contributed by atoms with Gasteiger partial charge in [0.15, 0.2) is 23.0 Å². The van der Waals surface area contributed by atoms with Crippen LogP contribution in [0.1, 0.15) is 61.5 Å². The van der Waals surface area contributed by atoms with Crippen LogP contribution in [-0.2, 0) is 9.59 Å². The van der Waals surface area contributed by atoms with Crippen molar-refractivity contribution in [2.45, 2.75) is 56.6 Å². The summed E-state index contributed by atoms with van der Waals surface area (Å²) in [5.74, 6) is 2.59. The summed E-state index contributed by atoms with van der Waals surface area (Å²) in [4.78, 5) is 31.9. The molecule has 2 N–H and O–H groups in total. The van der Waals surface area contributed by atoms with Crippen molar-refractivity contribution >= 4 is 69.6 Å². The van der Waals surface area contributed by atoms with E-state index in [4.69, 9.17) is 65.4 Å². The average Bonchev–Trinajstić information content (AvgIpc) is 3.81. The summed E-state index contributed by atoms with van der Waals surface area (Å²) in [5, 5.41) is 15.8. The number of ether oxygens (including phenoxy) is 4. The molecule has 11 nitrogen and oxygen atoms in total. The first-order valence-corrected chi connectivity index (χ1v) is 22.7. The van der Waals surface area contributed by atoms with Crippen molar-refractivity contribution in [2.24, 2.45) is 11.8 Å². The van der Waals surface area contributed by atoms with Gasteiger partial charge in [0.05, 0.1) is 65.0 Å². The monoisotopic (exact) mass is 926 g/mol. The number of piperidine rings is 2. The normalized spacial score (nSPS) is 22.9. The number of rotatable bonds is 12. The van der Waals surface area contributed by atoms with Crippen LogP contribution in [0.25, 0.3) is 0 Å². The zero-order valence-electron chi connectivity index (χ0n) is 35.3. The largest absolute Gasteiger partial charge is 0.493 e. The Labute approximate surface area is 384 Å². The van der Waals surface area contributed by atoms with Gasteiger partial charge in [-0.25, -0.2) is 0 Å². The Morgan fingerprint density at radius 2 is 1.26 bits per heavy atom. The van der Waals surface area contributed by atoms with Crippen molar-refractivity contribution < 1.29 is 33.6 Å². The van der Waals surface area contributed by atoms with E-state index in [1.165, 1.54) is 17.7 Å². The SMILES string of the molecule is COc1ccc(N2C(=O)C(c3ccc(Cl)c(Cl)c3)CC2O)cc1OCC1CCCNC1.COc1ccc(N2CCC(c3ccc(Cl)c(Cl)c3)C2=O)cc1OCC1CCCN(C)C1. The third-order valence-corrected chi connectivity index (χ3v) is 13.6. The molecule has 4 aliphatic heterocycles. The molecule has 0 bridgehead atoms. The quantitative estimate of drug-likeness (QED) is 0.144. The van der Waals surface area contributed by atoms with Crippen LogP contribution < -0.4 is 34.1 Å². The highest BCUT2D eigenvalue weighted by atomic mass is 35.5. The molecule has 8 rings (SSSR count). The Balaban J connectivity index is 0.000000186. The van der Waals surface area contributed by atoms with E-state index in [0.717, 1.165) is 62.3 Å². The van der Waals surface area contributed by atoms with Crippen molar-refractivity contribution in [3.05, 3.63) is 104 Å². The van der Waals surface area contributed by atoms with Gasteiger partial charge in [-0.15, -0.1) is 0 Å². The number of amides is 2. The summed E-state index contributed by atoms with van der Waals surface area (Å²) in [6.07, 6.45) is 4.66. The predicted molar refractivity (Wildman–Crippen MR) is 246 cm³/mol. The zero-order valence-corrected chi connectivity index (χ0v) is 38.3. The fourth-order valence-corrected chi connectivity index (χ4v) is 9.39. The second-order valence-corrected chi connectivity index (χ2v) is 18.1. The predicted octanol–water partition coefficient (Wildman–Crippen LogP) is 9.46. The van der Waals surface area contributed by atoms with Crippen LogP contribution in [0.2, 0.25) is 20.1 Å². The summed E-state index contributed by atoms with van der Waals surface area (Å²) in [6, 6.07) is 21.5. The van der Waals surface area contributed by atoms with Crippen LogP contribution in [0.4, 0.5) is 11.4 Å². The molecule has 2 amide bonds. The van der Waals surface area contributed by atoms with E-state index < -0.39 is 12.1 Å². The molecular weight excluding hydrogens is 874 g/mol. The van der Waals surface area contributed by atoms with Gasteiger partial charge in [-0.3, -0.25) is 14.5 Å². The molecule has 332 valence electrons. The number of hydrogen-bond acceptors (Lipinski definition) is 9. The number of benzene rings is 4. The maximum Gasteiger partial charge on any atom is 0.236 e.